The van der Waals surface area contributed by atoms with Crippen LogP contribution in [0.15, 0.2) is 40.9 Å². The molecule has 0 aliphatic rings. The van der Waals surface area contributed by atoms with E-state index in [1.54, 1.807) is 20.8 Å². The lowest BCUT2D eigenvalue weighted by Gasteiger charge is -2.20. The molecule has 1 unspecified atom stereocenters. The first-order valence-electron chi connectivity index (χ1n) is 8.08. The summed E-state index contributed by atoms with van der Waals surface area (Å²) < 4.78 is 85.0. The van der Waals surface area contributed by atoms with Crippen LogP contribution in [0.1, 0.15) is 32.0 Å². The molecule has 0 aliphatic carbocycles. The molecule has 158 valence electrons. The number of alkyl halides is 4. The Kier molecular flexibility index (Phi) is 7.13. The lowest BCUT2D eigenvalue weighted by molar-refractivity contribution is -0.253. The number of benzene rings is 1. The molecule has 1 aromatic heterocycles. The number of nitrogens with zero attached hydrogens (tertiary/aromatic N) is 2. The van der Waals surface area contributed by atoms with Crippen molar-refractivity contribution >= 4 is 28.7 Å². The fourth-order valence-electron chi connectivity index (χ4n) is 1.94. The average Bonchev–Trinajstić information content (AvgIpc) is 2.58. The van der Waals surface area contributed by atoms with Gasteiger partial charge in [-0.15, -0.1) is 0 Å². The van der Waals surface area contributed by atoms with Crippen molar-refractivity contribution in [3.8, 4) is 5.75 Å². The van der Waals surface area contributed by atoms with Gasteiger partial charge < -0.3 is 9.29 Å². The summed E-state index contributed by atoms with van der Waals surface area (Å²) >= 11 is 3.97. The Hall–Kier alpha value is -1.91. The third-order valence-corrected chi connectivity index (χ3v) is 4.94. The van der Waals surface area contributed by atoms with Crippen molar-refractivity contribution in [1.82, 2.24) is 4.98 Å². The topological polar surface area (TPSA) is 57.5 Å². The maximum Gasteiger partial charge on any atom is 0.461 e. The van der Waals surface area contributed by atoms with E-state index in [9.17, 15) is 26.5 Å². The molecule has 0 spiro atoms. The summed E-state index contributed by atoms with van der Waals surface area (Å²) in [5, 5.41) is 0.282. The van der Waals surface area contributed by atoms with Gasteiger partial charge in [-0.2, -0.15) is 17.6 Å². The lowest BCUT2D eigenvalue weighted by atomic mass is 10.1. The maximum atomic E-state index is 14.0. The van der Waals surface area contributed by atoms with Gasteiger partial charge in [0.15, 0.2) is 0 Å². The molecule has 0 amide bonds. The zero-order valence-corrected chi connectivity index (χ0v) is 17.0. The van der Waals surface area contributed by atoms with Gasteiger partial charge in [-0.25, -0.2) is 4.39 Å². The van der Waals surface area contributed by atoms with Crippen LogP contribution in [0.25, 0.3) is 0 Å². The van der Waals surface area contributed by atoms with Gasteiger partial charge in [0.25, 0.3) is 0 Å². The van der Waals surface area contributed by atoms with Crippen LogP contribution in [0.5, 0.6) is 5.75 Å². The summed E-state index contributed by atoms with van der Waals surface area (Å²) in [6, 6.07) is 5.16. The number of pyridine rings is 1. The van der Waals surface area contributed by atoms with Crippen LogP contribution in [0.3, 0.4) is 0 Å². The molecule has 29 heavy (non-hydrogen) atoms. The number of aromatic nitrogens is 1. The SMILES string of the molecule is CC(C)(C)[S+]([O-])/N=C(/c1cc(F)cc(OC(F)(F)C(F)F)c1)c1ccc(Cl)cn1. The minimum atomic E-state index is -4.82. The van der Waals surface area contributed by atoms with Gasteiger partial charge in [-0.05, 0) is 45.0 Å². The third kappa shape index (κ3) is 6.28. The van der Waals surface area contributed by atoms with Gasteiger partial charge in [0.2, 0.25) is 0 Å². The summed E-state index contributed by atoms with van der Waals surface area (Å²) in [6.07, 6.45) is -7.68. The predicted octanol–water partition coefficient (Wildman–Crippen LogP) is 5.41. The summed E-state index contributed by atoms with van der Waals surface area (Å²) in [5.74, 6) is -1.90. The van der Waals surface area contributed by atoms with Gasteiger partial charge in [0.1, 0.15) is 33.4 Å². The molecule has 1 aromatic carbocycles. The van der Waals surface area contributed by atoms with Crippen LogP contribution in [0, 0.1) is 5.82 Å². The first-order valence-corrected chi connectivity index (χ1v) is 9.56. The van der Waals surface area contributed by atoms with Crippen LogP contribution >= 0.6 is 11.6 Å². The van der Waals surface area contributed by atoms with Crippen LogP contribution in [-0.2, 0) is 11.4 Å². The Morgan fingerprint density at radius 1 is 1.21 bits per heavy atom. The van der Waals surface area contributed by atoms with Crippen molar-refractivity contribution in [2.75, 3.05) is 0 Å². The highest BCUT2D eigenvalue weighted by molar-refractivity contribution is 7.91. The van der Waals surface area contributed by atoms with Crippen molar-refractivity contribution < 1.29 is 31.2 Å². The Bertz CT molecular complexity index is 889. The Labute approximate surface area is 172 Å². The predicted molar refractivity (Wildman–Crippen MR) is 101 cm³/mol. The zero-order chi connectivity index (χ0) is 22.0. The first kappa shape index (κ1) is 23.4. The molecule has 0 saturated carbocycles. The van der Waals surface area contributed by atoms with Crippen molar-refractivity contribution in [2.45, 2.75) is 38.1 Å². The molecular weight excluding hydrogens is 439 g/mol. The molecule has 0 fully saturated rings. The molecule has 4 nitrogen and oxygen atoms in total. The summed E-state index contributed by atoms with van der Waals surface area (Å²) in [5.41, 5.74) is -0.138. The van der Waals surface area contributed by atoms with E-state index in [4.69, 9.17) is 11.6 Å². The standard InChI is InChI=1S/C18H16ClF5N2O2S/c1-17(2,3)29(27)26-15(14-5-4-11(19)9-25-14)10-6-12(20)8-13(7-10)28-18(23,24)16(21)22/h4-9,16H,1-3H3/b26-15-. The lowest BCUT2D eigenvalue weighted by Crippen LogP contribution is -2.33. The van der Waals surface area contributed by atoms with E-state index in [1.807, 2.05) is 0 Å². The molecule has 1 atom stereocenters. The zero-order valence-electron chi connectivity index (χ0n) is 15.4. The minimum Gasteiger partial charge on any atom is -0.591 e. The smallest absolute Gasteiger partial charge is 0.461 e. The number of rotatable bonds is 6. The highest BCUT2D eigenvalue weighted by atomic mass is 35.5. The average molecular weight is 455 g/mol. The largest absolute Gasteiger partial charge is 0.591 e. The Morgan fingerprint density at radius 2 is 1.86 bits per heavy atom. The fourth-order valence-corrected chi connectivity index (χ4v) is 2.69. The van der Waals surface area contributed by atoms with E-state index < -0.39 is 40.2 Å². The number of hydrogen-bond acceptors (Lipinski definition) is 4. The van der Waals surface area contributed by atoms with Crippen molar-refractivity contribution in [3.05, 3.63) is 58.6 Å². The minimum absolute atomic E-state index is 0.111. The molecule has 11 heteroatoms. The molecular formula is C18H16ClF5N2O2S. The Balaban J connectivity index is 2.59. The van der Waals surface area contributed by atoms with Gasteiger partial charge in [-0.1, -0.05) is 16.0 Å². The second kappa shape index (κ2) is 8.85. The molecule has 0 saturated heterocycles. The van der Waals surface area contributed by atoms with Crippen LogP contribution in [0.2, 0.25) is 5.02 Å². The van der Waals surface area contributed by atoms with Crippen molar-refractivity contribution in [3.63, 3.8) is 0 Å². The highest BCUT2D eigenvalue weighted by Crippen LogP contribution is 2.30. The molecule has 0 aliphatic heterocycles. The highest BCUT2D eigenvalue weighted by Gasteiger charge is 2.44. The van der Waals surface area contributed by atoms with Crippen LogP contribution < -0.4 is 4.74 Å². The van der Waals surface area contributed by atoms with E-state index in [0.29, 0.717) is 6.07 Å². The molecule has 0 radical (unpaired) electrons. The van der Waals surface area contributed by atoms with E-state index in [0.717, 1.165) is 12.1 Å². The van der Waals surface area contributed by atoms with E-state index in [-0.39, 0.29) is 22.0 Å². The first-order chi connectivity index (χ1) is 13.3. The van der Waals surface area contributed by atoms with Crippen molar-refractivity contribution in [1.29, 1.82) is 0 Å². The van der Waals surface area contributed by atoms with Gasteiger partial charge in [0, 0.05) is 17.8 Å². The van der Waals surface area contributed by atoms with Crippen LogP contribution in [-0.4, -0.2) is 32.5 Å². The summed E-state index contributed by atoms with van der Waals surface area (Å²) in [4.78, 5) is 4.02. The number of ether oxygens (including phenoxy) is 1. The normalized spacial score (nSPS) is 14.2. The molecule has 2 rings (SSSR count). The second-order valence-corrected chi connectivity index (χ2v) is 9.15. The number of hydrogen-bond donors (Lipinski definition) is 0. The summed E-state index contributed by atoms with van der Waals surface area (Å²) in [7, 11) is 0. The monoisotopic (exact) mass is 454 g/mol. The van der Waals surface area contributed by atoms with Gasteiger partial charge >= 0.3 is 12.5 Å². The van der Waals surface area contributed by atoms with Crippen molar-refractivity contribution in [2.24, 2.45) is 4.40 Å². The molecule has 1 heterocycles. The second-order valence-electron chi connectivity index (χ2n) is 6.80. The fraction of sp³-hybridized carbons (Fsp3) is 0.333. The van der Waals surface area contributed by atoms with Gasteiger partial charge in [0.05, 0.1) is 10.7 Å². The molecule has 2 aromatic rings. The van der Waals surface area contributed by atoms with E-state index in [1.165, 1.54) is 18.3 Å². The molecule has 0 N–H and O–H groups in total. The number of halogens is 6. The summed E-state index contributed by atoms with van der Waals surface area (Å²) in [6.45, 7) is 4.93. The van der Waals surface area contributed by atoms with Gasteiger partial charge in [-0.3, -0.25) is 4.98 Å². The van der Waals surface area contributed by atoms with Crippen LogP contribution in [0.4, 0.5) is 22.0 Å². The van der Waals surface area contributed by atoms with E-state index in [2.05, 4.69) is 14.1 Å². The maximum absolute atomic E-state index is 14.0. The quantitative estimate of drug-likeness (QED) is 0.333. The third-order valence-electron chi connectivity index (χ3n) is 3.32. The Morgan fingerprint density at radius 3 is 2.38 bits per heavy atom. The molecule has 0 bridgehead atoms. The van der Waals surface area contributed by atoms with E-state index >= 15 is 0 Å².